The van der Waals surface area contributed by atoms with Gasteiger partial charge in [-0.15, -0.1) is 0 Å². The van der Waals surface area contributed by atoms with E-state index >= 15 is 0 Å². The molecule has 9 heteroatoms. The smallest absolute Gasteiger partial charge is 0.329 e. The maximum atomic E-state index is 11.6. The van der Waals surface area contributed by atoms with E-state index in [1.807, 2.05) is 0 Å². The molecular weight excluding hydrogens is 340 g/mol. The number of nitrogens with zero attached hydrogens (tertiary/aromatic N) is 3. The summed E-state index contributed by atoms with van der Waals surface area (Å²) in [7, 11) is 0. The summed E-state index contributed by atoms with van der Waals surface area (Å²) in [5.41, 5.74) is 6.45. The topological polar surface area (TPSA) is 106 Å². The number of hydrogen-bond acceptors (Lipinski definition) is 5. The number of rotatable bonds is 3. The monoisotopic (exact) mass is 352 g/mol. The molecule has 23 heavy (non-hydrogen) atoms. The van der Waals surface area contributed by atoms with Crippen molar-refractivity contribution in [3.8, 4) is 0 Å². The van der Waals surface area contributed by atoms with Gasteiger partial charge in [0, 0.05) is 11.2 Å². The van der Waals surface area contributed by atoms with Gasteiger partial charge in [0.15, 0.2) is 10.4 Å². The Hall–Kier alpha value is -2.19. The minimum absolute atomic E-state index is 0.0801. The van der Waals surface area contributed by atoms with Gasteiger partial charge in [0.2, 0.25) is 5.96 Å². The van der Waals surface area contributed by atoms with Crippen LogP contribution in [-0.2, 0) is 14.3 Å². The molecule has 1 amide bonds. The molecule has 0 fully saturated rings. The number of ether oxygens (including phenoxy) is 1. The van der Waals surface area contributed by atoms with E-state index in [-0.39, 0.29) is 17.7 Å². The number of halogens is 1. The molecule has 0 spiro atoms. The maximum Gasteiger partial charge on any atom is 0.329 e. The first-order valence-corrected chi connectivity index (χ1v) is 7.85. The highest BCUT2D eigenvalue weighted by molar-refractivity contribution is 8.16. The summed E-state index contributed by atoms with van der Waals surface area (Å²) in [6.45, 7) is 1.85. The van der Waals surface area contributed by atoms with Crippen molar-refractivity contribution in [2.75, 3.05) is 6.61 Å². The van der Waals surface area contributed by atoms with Gasteiger partial charge in [-0.2, -0.15) is 9.98 Å². The number of amides is 1. The Bertz CT molecular complexity index is 700. The van der Waals surface area contributed by atoms with E-state index in [1.165, 1.54) is 6.21 Å². The van der Waals surface area contributed by atoms with Crippen molar-refractivity contribution < 1.29 is 14.3 Å². The summed E-state index contributed by atoms with van der Waals surface area (Å²) >= 11 is 6.67. The van der Waals surface area contributed by atoms with Crippen molar-refractivity contribution in [1.29, 1.82) is 0 Å². The number of nitrogens with two attached hydrogens (primary N) is 1. The van der Waals surface area contributed by atoms with Crippen LogP contribution in [0.15, 0.2) is 39.2 Å². The molecule has 1 aromatic rings. The molecule has 1 aromatic carbocycles. The SMILES string of the molecule is CCOC(=O)C1SC(/N=C(N)/N=C/c2ccc(Cl)cc2)=NC1=O. The number of thioether (sulfide) groups is 1. The Morgan fingerprint density at radius 3 is 2.83 bits per heavy atom. The zero-order chi connectivity index (χ0) is 16.8. The van der Waals surface area contributed by atoms with Crippen LogP contribution < -0.4 is 5.73 Å². The normalized spacial score (nSPS) is 18.3. The fraction of sp³-hybridized carbons (Fsp3) is 0.214. The minimum atomic E-state index is -1.03. The summed E-state index contributed by atoms with van der Waals surface area (Å²) in [5.74, 6) is -1.33. The average molecular weight is 353 g/mol. The van der Waals surface area contributed by atoms with Gasteiger partial charge in [-0.3, -0.25) is 9.59 Å². The highest BCUT2D eigenvalue weighted by Gasteiger charge is 2.36. The molecule has 1 atom stereocenters. The third-order valence-electron chi connectivity index (χ3n) is 2.58. The van der Waals surface area contributed by atoms with E-state index in [0.29, 0.717) is 5.02 Å². The molecule has 0 aliphatic carbocycles. The van der Waals surface area contributed by atoms with Gasteiger partial charge in [0.25, 0.3) is 5.91 Å². The van der Waals surface area contributed by atoms with Crippen molar-refractivity contribution in [3.63, 3.8) is 0 Å². The van der Waals surface area contributed by atoms with Crippen LogP contribution in [-0.4, -0.2) is 41.1 Å². The summed E-state index contributed by atoms with van der Waals surface area (Å²) in [6, 6.07) is 6.97. The predicted molar refractivity (Wildman–Crippen MR) is 91.1 cm³/mol. The fourth-order valence-electron chi connectivity index (χ4n) is 1.57. The van der Waals surface area contributed by atoms with Crippen LogP contribution in [0.4, 0.5) is 0 Å². The second-order valence-electron chi connectivity index (χ2n) is 4.26. The van der Waals surface area contributed by atoms with Gasteiger partial charge in [-0.25, -0.2) is 4.99 Å². The van der Waals surface area contributed by atoms with Gasteiger partial charge >= 0.3 is 5.97 Å². The van der Waals surface area contributed by atoms with Crippen molar-refractivity contribution in [2.45, 2.75) is 12.2 Å². The van der Waals surface area contributed by atoms with Gasteiger partial charge in [0.05, 0.1) is 6.61 Å². The Kier molecular flexibility index (Phi) is 5.89. The van der Waals surface area contributed by atoms with Crippen LogP contribution in [0.1, 0.15) is 12.5 Å². The molecule has 1 aliphatic heterocycles. The van der Waals surface area contributed by atoms with Crippen molar-refractivity contribution in [2.24, 2.45) is 20.7 Å². The molecule has 120 valence electrons. The minimum Gasteiger partial charge on any atom is -0.465 e. The average Bonchev–Trinajstić information content (AvgIpc) is 2.87. The number of guanidine groups is 1. The van der Waals surface area contributed by atoms with Gasteiger partial charge in [-0.1, -0.05) is 35.5 Å². The lowest BCUT2D eigenvalue weighted by atomic mass is 10.2. The molecule has 0 saturated carbocycles. The lowest BCUT2D eigenvalue weighted by Crippen LogP contribution is -2.25. The van der Waals surface area contributed by atoms with Gasteiger partial charge in [0.1, 0.15) is 0 Å². The number of benzene rings is 1. The van der Waals surface area contributed by atoms with Crippen LogP contribution in [0, 0.1) is 0 Å². The van der Waals surface area contributed by atoms with E-state index in [9.17, 15) is 9.59 Å². The highest BCUT2D eigenvalue weighted by Crippen LogP contribution is 2.24. The number of esters is 1. The molecule has 7 nitrogen and oxygen atoms in total. The molecule has 2 N–H and O–H groups in total. The van der Waals surface area contributed by atoms with Crippen molar-refractivity contribution in [3.05, 3.63) is 34.9 Å². The summed E-state index contributed by atoms with van der Waals surface area (Å²) < 4.78 is 4.79. The Morgan fingerprint density at radius 2 is 2.17 bits per heavy atom. The Morgan fingerprint density at radius 1 is 1.48 bits per heavy atom. The molecule has 1 heterocycles. The zero-order valence-electron chi connectivity index (χ0n) is 12.1. The van der Waals surface area contributed by atoms with Gasteiger partial charge in [-0.05, 0) is 24.6 Å². The Labute approximate surface area is 141 Å². The number of carbonyl (C=O) groups is 2. The van der Waals surface area contributed by atoms with E-state index in [0.717, 1.165) is 17.3 Å². The zero-order valence-corrected chi connectivity index (χ0v) is 13.7. The molecular formula is C14H13ClN4O3S. The standard InChI is InChI=1S/C14H13ClN4O3S/c1-2-22-12(21)10-11(20)18-14(23-10)19-13(16)17-7-8-3-5-9(15)6-4-8/h3-7,10H,2H2,1H3,(H2,16,18,19,20)/b17-7+. The molecule has 0 saturated heterocycles. The quantitative estimate of drug-likeness (QED) is 0.385. The molecule has 0 aromatic heterocycles. The third-order valence-corrected chi connectivity index (χ3v) is 3.86. The summed E-state index contributed by atoms with van der Waals surface area (Å²) in [6.07, 6.45) is 1.50. The lowest BCUT2D eigenvalue weighted by molar-refractivity contribution is -0.144. The summed E-state index contributed by atoms with van der Waals surface area (Å²) in [5, 5.41) is -0.329. The van der Waals surface area contributed by atoms with E-state index < -0.39 is 17.1 Å². The van der Waals surface area contributed by atoms with E-state index in [4.69, 9.17) is 22.1 Å². The Balaban J connectivity index is 2.01. The van der Waals surface area contributed by atoms with Crippen LogP contribution in [0.2, 0.25) is 5.02 Å². The maximum absolute atomic E-state index is 11.6. The highest BCUT2D eigenvalue weighted by atomic mass is 35.5. The van der Waals surface area contributed by atoms with Crippen molar-refractivity contribution >= 4 is 52.6 Å². The number of amidine groups is 1. The van der Waals surface area contributed by atoms with Crippen LogP contribution in [0.5, 0.6) is 0 Å². The first kappa shape index (κ1) is 17.2. The summed E-state index contributed by atoms with van der Waals surface area (Å²) in [4.78, 5) is 34.7. The lowest BCUT2D eigenvalue weighted by Gasteiger charge is -2.04. The van der Waals surface area contributed by atoms with Crippen LogP contribution in [0.25, 0.3) is 0 Å². The first-order valence-electron chi connectivity index (χ1n) is 6.59. The molecule has 2 rings (SSSR count). The van der Waals surface area contributed by atoms with E-state index in [2.05, 4.69) is 15.0 Å². The largest absolute Gasteiger partial charge is 0.465 e. The predicted octanol–water partition coefficient (Wildman–Crippen LogP) is 1.63. The number of hydrogen-bond donors (Lipinski definition) is 1. The number of carbonyl (C=O) groups excluding carboxylic acids is 2. The van der Waals surface area contributed by atoms with E-state index in [1.54, 1.807) is 31.2 Å². The first-order chi connectivity index (χ1) is 11.0. The fourth-order valence-corrected chi connectivity index (χ4v) is 2.51. The van der Waals surface area contributed by atoms with Crippen molar-refractivity contribution in [1.82, 2.24) is 0 Å². The molecule has 0 radical (unpaired) electrons. The molecule has 1 aliphatic rings. The molecule has 0 bridgehead atoms. The van der Waals surface area contributed by atoms with Crippen LogP contribution >= 0.6 is 23.4 Å². The second-order valence-corrected chi connectivity index (χ2v) is 5.77. The second kappa shape index (κ2) is 7.89. The van der Waals surface area contributed by atoms with Crippen LogP contribution in [0.3, 0.4) is 0 Å². The third kappa shape index (κ3) is 4.90. The van der Waals surface area contributed by atoms with Gasteiger partial charge < -0.3 is 10.5 Å². The number of aliphatic imine (C=N–C) groups is 3. The molecule has 1 unspecified atom stereocenters.